The summed E-state index contributed by atoms with van der Waals surface area (Å²) in [4.78, 5) is 5.00. The van der Waals surface area contributed by atoms with Crippen LogP contribution < -0.4 is 5.73 Å². The molecule has 3 nitrogen and oxygen atoms in total. The third kappa shape index (κ3) is 3.71. The maximum atomic E-state index is 6.29. The first-order valence-corrected chi connectivity index (χ1v) is 8.13. The Morgan fingerprint density at radius 1 is 1.26 bits per heavy atom. The quantitative estimate of drug-likeness (QED) is 0.771. The summed E-state index contributed by atoms with van der Waals surface area (Å²) in [5.74, 6) is 0.774. The number of likely N-dealkylation sites (N-methyl/N-ethyl adjacent to an activating group) is 2. The number of nitrogens with zero attached hydrogens (tertiary/aromatic N) is 2. The van der Waals surface area contributed by atoms with Gasteiger partial charge in [-0.3, -0.25) is 4.90 Å². The molecule has 0 amide bonds. The SMILES string of the molecule is CCC1CCCCC1(CN)N(CC)C(C)CN(C)C. The summed E-state index contributed by atoms with van der Waals surface area (Å²) in [5.41, 5.74) is 6.54. The van der Waals surface area contributed by atoms with Gasteiger partial charge in [-0.2, -0.15) is 0 Å². The zero-order valence-corrected chi connectivity index (χ0v) is 13.8. The standard InChI is InChI=1S/C16H35N3/c1-6-15-10-8-9-11-16(15,13-17)19(7-2)14(3)12-18(4)5/h14-15H,6-13,17H2,1-5H3. The molecule has 0 aromatic carbocycles. The van der Waals surface area contributed by atoms with Crippen molar-refractivity contribution in [3.05, 3.63) is 0 Å². The van der Waals surface area contributed by atoms with Crippen molar-refractivity contribution >= 4 is 0 Å². The van der Waals surface area contributed by atoms with E-state index in [9.17, 15) is 0 Å². The first-order chi connectivity index (χ1) is 9.01. The summed E-state index contributed by atoms with van der Waals surface area (Å²) in [6, 6.07) is 0.579. The van der Waals surface area contributed by atoms with Gasteiger partial charge in [0.15, 0.2) is 0 Å². The predicted molar refractivity (Wildman–Crippen MR) is 84.4 cm³/mol. The summed E-state index contributed by atoms with van der Waals surface area (Å²) in [7, 11) is 4.33. The van der Waals surface area contributed by atoms with Gasteiger partial charge >= 0.3 is 0 Å². The molecule has 2 N–H and O–H groups in total. The average Bonchev–Trinajstić information content (AvgIpc) is 2.38. The van der Waals surface area contributed by atoms with E-state index < -0.39 is 0 Å². The minimum absolute atomic E-state index is 0.247. The van der Waals surface area contributed by atoms with E-state index in [1.807, 2.05) is 0 Å². The fourth-order valence-electron chi connectivity index (χ4n) is 4.34. The Balaban J connectivity index is 2.94. The molecule has 1 fully saturated rings. The van der Waals surface area contributed by atoms with Crippen LogP contribution in [0.25, 0.3) is 0 Å². The molecule has 1 aliphatic carbocycles. The lowest BCUT2D eigenvalue weighted by Crippen LogP contribution is -2.63. The van der Waals surface area contributed by atoms with Crippen LogP contribution in [-0.2, 0) is 0 Å². The molecule has 3 heteroatoms. The van der Waals surface area contributed by atoms with Gasteiger partial charge in [0, 0.05) is 24.7 Å². The second-order valence-electron chi connectivity index (χ2n) is 6.56. The summed E-state index contributed by atoms with van der Waals surface area (Å²) in [6.07, 6.45) is 6.65. The van der Waals surface area contributed by atoms with Gasteiger partial charge in [0.25, 0.3) is 0 Å². The van der Waals surface area contributed by atoms with E-state index in [0.29, 0.717) is 6.04 Å². The summed E-state index contributed by atoms with van der Waals surface area (Å²) >= 11 is 0. The van der Waals surface area contributed by atoms with E-state index in [1.54, 1.807) is 0 Å². The van der Waals surface area contributed by atoms with Crippen molar-refractivity contribution in [2.24, 2.45) is 11.7 Å². The van der Waals surface area contributed by atoms with Gasteiger partial charge in [-0.05, 0) is 46.3 Å². The van der Waals surface area contributed by atoms with Gasteiger partial charge < -0.3 is 10.6 Å². The molecule has 0 radical (unpaired) electrons. The monoisotopic (exact) mass is 269 g/mol. The van der Waals surface area contributed by atoms with Crippen molar-refractivity contribution in [3.8, 4) is 0 Å². The highest BCUT2D eigenvalue weighted by Crippen LogP contribution is 2.40. The third-order valence-corrected chi connectivity index (χ3v) is 5.09. The molecular weight excluding hydrogens is 234 g/mol. The third-order valence-electron chi connectivity index (χ3n) is 5.09. The molecule has 0 spiro atoms. The van der Waals surface area contributed by atoms with Crippen molar-refractivity contribution in [2.75, 3.05) is 33.7 Å². The molecule has 1 saturated carbocycles. The second kappa shape index (κ2) is 7.61. The normalized spacial score (nSPS) is 30.0. The Bertz CT molecular complexity index is 254. The largest absolute Gasteiger partial charge is 0.329 e. The first-order valence-electron chi connectivity index (χ1n) is 8.13. The van der Waals surface area contributed by atoms with Crippen molar-refractivity contribution in [1.29, 1.82) is 0 Å². The van der Waals surface area contributed by atoms with Crippen molar-refractivity contribution in [3.63, 3.8) is 0 Å². The molecule has 1 rings (SSSR count). The lowest BCUT2D eigenvalue weighted by molar-refractivity contribution is -0.0235. The van der Waals surface area contributed by atoms with Crippen LogP contribution in [0.2, 0.25) is 0 Å². The van der Waals surface area contributed by atoms with E-state index >= 15 is 0 Å². The Labute approximate surface area is 120 Å². The van der Waals surface area contributed by atoms with E-state index in [-0.39, 0.29) is 5.54 Å². The zero-order chi connectivity index (χ0) is 14.5. The molecule has 3 atom stereocenters. The van der Waals surface area contributed by atoms with Crippen molar-refractivity contribution in [2.45, 2.75) is 64.5 Å². The van der Waals surface area contributed by atoms with Crippen LogP contribution in [0.4, 0.5) is 0 Å². The Hall–Kier alpha value is -0.120. The highest BCUT2D eigenvalue weighted by atomic mass is 15.3. The van der Waals surface area contributed by atoms with Crippen LogP contribution in [0.3, 0.4) is 0 Å². The molecule has 19 heavy (non-hydrogen) atoms. The maximum Gasteiger partial charge on any atom is 0.0362 e. The van der Waals surface area contributed by atoms with Crippen LogP contribution >= 0.6 is 0 Å². The van der Waals surface area contributed by atoms with Gasteiger partial charge in [-0.25, -0.2) is 0 Å². The molecular formula is C16H35N3. The number of rotatable bonds is 7. The minimum Gasteiger partial charge on any atom is -0.329 e. The Morgan fingerprint density at radius 2 is 1.95 bits per heavy atom. The second-order valence-corrected chi connectivity index (χ2v) is 6.56. The molecule has 114 valence electrons. The van der Waals surface area contributed by atoms with Crippen LogP contribution in [0, 0.1) is 5.92 Å². The van der Waals surface area contributed by atoms with Gasteiger partial charge in [0.2, 0.25) is 0 Å². The average molecular weight is 269 g/mol. The first kappa shape index (κ1) is 16.9. The van der Waals surface area contributed by atoms with Gasteiger partial charge in [-0.15, -0.1) is 0 Å². The minimum atomic E-state index is 0.247. The lowest BCUT2D eigenvalue weighted by atomic mass is 9.69. The molecule has 0 saturated heterocycles. The van der Waals surface area contributed by atoms with Crippen LogP contribution in [-0.4, -0.2) is 55.1 Å². The molecule has 1 aliphatic rings. The van der Waals surface area contributed by atoms with Crippen LogP contribution in [0.1, 0.15) is 52.9 Å². The fourth-order valence-corrected chi connectivity index (χ4v) is 4.34. The molecule has 0 heterocycles. The van der Waals surface area contributed by atoms with Crippen LogP contribution in [0.15, 0.2) is 0 Å². The smallest absolute Gasteiger partial charge is 0.0362 e. The van der Waals surface area contributed by atoms with Gasteiger partial charge in [0.1, 0.15) is 0 Å². The molecule has 0 aromatic heterocycles. The van der Waals surface area contributed by atoms with Crippen LogP contribution in [0.5, 0.6) is 0 Å². The highest BCUT2D eigenvalue weighted by molar-refractivity contribution is 5.01. The fraction of sp³-hybridized carbons (Fsp3) is 1.00. The number of nitrogens with two attached hydrogens (primary N) is 1. The van der Waals surface area contributed by atoms with Gasteiger partial charge in [0.05, 0.1) is 0 Å². The number of hydrogen-bond acceptors (Lipinski definition) is 3. The highest BCUT2D eigenvalue weighted by Gasteiger charge is 2.44. The van der Waals surface area contributed by atoms with E-state index in [1.165, 1.54) is 32.1 Å². The van der Waals surface area contributed by atoms with E-state index in [4.69, 9.17) is 5.73 Å². The molecule has 0 aromatic rings. The van der Waals surface area contributed by atoms with Crippen molar-refractivity contribution < 1.29 is 0 Å². The van der Waals surface area contributed by atoms with E-state index in [2.05, 4.69) is 44.7 Å². The molecule has 0 aliphatic heterocycles. The molecule has 0 bridgehead atoms. The number of hydrogen-bond donors (Lipinski definition) is 1. The summed E-state index contributed by atoms with van der Waals surface area (Å²) in [5, 5.41) is 0. The van der Waals surface area contributed by atoms with E-state index in [0.717, 1.165) is 25.6 Å². The predicted octanol–water partition coefficient (Wildman–Crippen LogP) is 2.56. The maximum absolute atomic E-state index is 6.29. The zero-order valence-electron chi connectivity index (χ0n) is 13.8. The summed E-state index contributed by atoms with van der Waals surface area (Å²) < 4.78 is 0. The summed E-state index contributed by atoms with van der Waals surface area (Å²) in [6.45, 7) is 10.0. The van der Waals surface area contributed by atoms with Crippen molar-refractivity contribution in [1.82, 2.24) is 9.80 Å². The Kier molecular flexibility index (Phi) is 6.78. The Morgan fingerprint density at radius 3 is 2.42 bits per heavy atom. The topological polar surface area (TPSA) is 32.5 Å². The molecule has 3 unspecified atom stereocenters. The lowest BCUT2D eigenvalue weighted by Gasteiger charge is -2.53. The van der Waals surface area contributed by atoms with Gasteiger partial charge in [-0.1, -0.05) is 33.1 Å².